The first kappa shape index (κ1) is 17.4. The van der Waals surface area contributed by atoms with Crippen LogP contribution in [0.25, 0.3) is 16.2 Å². The lowest BCUT2D eigenvalue weighted by molar-refractivity contribution is 0.0954. The van der Waals surface area contributed by atoms with Gasteiger partial charge >= 0.3 is 0 Å². The van der Waals surface area contributed by atoms with Gasteiger partial charge in [-0.15, -0.1) is 0 Å². The largest absolute Gasteiger partial charge is 0.497 e. The van der Waals surface area contributed by atoms with E-state index in [1.54, 1.807) is 7.11 Å². The molecule has 0 aliphatic rings. The first-order valence-electron chi connectivity index (χ1n) is 8.05. The van der Waals surface area contributed by atoms with Crippen molar-refractivity contribution in [2.24, 2.45) is 0 Å². The Hall–Kier alpha value is -2.38. The number of methoxy groups -OCH3 is 1. The molecule has 25 heavy (non-hydrogen) atoms. The Labute approximate surface area is 151 Å². The Morgan fingerprint density at radius 2 is 2.04 bits per heavy atom. The highest BCUT2D eigenvalue weighted by atomic mass is 32.1. The number of carbonyl (C=O) groups is 1. The number of nitrogens with one attached hydrogen (secondary N) is 1. The number of hydrogen-bond acceptors (Lipinski definition) is 5. The molecule has 0 atom stereocenters. The van der Waals surface area contributed by atoms with Crippen LogP contribution >= 0.6 is 11.3 Å². The van der Waals surface area contributed by atoms with Crippen molar-refractivity contribution < 1.29 is 9.53 Å². The van der Waals surface area contributed by atoms with Crippen molar-refractivity contribution in [3.8, 4) is 17.0 Å². The van der Waals surface area contributed by atoms with Gasteiger partial charge in [0.05, 0.1) is 12.8 Å². The zero-order valence-corrected chi connectivity index (χ0v) is 15.7. The van der Waals surface area contributed by atoms with Gasteiger partial charge in [0.15, 0.2) is 4.96 Å². The van der Waals surface area contributed by atoms with E-state index in [-0.39, 0.29) is 5.91 Å². The van der Waals surface area contributed by atoms with Gasteiger partial charge in [-0.25, -0.2) is 4.98 Å². The molecule has 3 rings (SSSR count). The predicted octanol–water partition coefficient (Wildman–Crippen LogP) is 2.67. The van der Waals surface area contributed by atoms with E-state index < -0.39 is 0 Å². The van der Waals surface area contributed by atoms with E-state index in [9.17, 15) is 4.79 Å². The Morgan fingerprint density at radius 3 is 2.64 bits per heavy atom. The van der Waals surface area contributed by atoms with Gasteiger partial charge in [0.2, 0.25) is 0 Å². The number of ether oxygens (including phenoxy) is 1. The van der Waals surface area contributed by atoms with Crippen LogP contribution in [0.2, 0.25) is 0 Å². The summed E-state index contributed by atoms with van der Waals surface area (Å²) in [5, 5.41) is 2.96. The molecule has 132 valence electrons. The maximum Gasteiger partial charge on any atom is 0.263 e. The van der Waals surface area contributed by atoms with E-state index in [2.05, 4.69) is 10.3 Å². The number of thiazole rings is 1. The quantitative estimate of drug-likeness (QED) is 0.736. The summed E-state index contributed by atoms with van der Waals surface area (Å²) in [5.41, 5.74) is 2.82. The average Bonchev–Trinajstić information content (AvgIpc) is 3.14. The van der Waals surface area contributed by atoms with Crippen LogP contribution in [-0.4, -0.2) is 54.5 Å². The molecule has 3 aromatic rings. The minimum absolute atomic E-state index is 0.0409. The number of rotatable bonds is 6. The molecule has 0 unspecified atom stereocenters. The number of imidazole rings is 1. The summed E-state index contributed by atoms with van der Waals surface area (Å²) >= 11 is 1.42. The molecule has 0 fully saturated rings. The summed E-state index contributed by atoms with van der Waals surface area (Å²) in [6.07, 6.45) is 1.97. The van der Waals surface area contributed by atoms with Gasteiger partial charge in [-0.1, -0.05) is 11.3 Å². The summed E-state index contributed by atoms with van der Waals surface area (Å²) in [6.45, 7) is 3.39. The fourth-order valence-corrected chi connectivity index (χ4v) is 3.56. The maximum absolute atomic E-state index is 12.4. The van der Waals surface area contributed by atoms with Crippen molar-refractivity contribution in [3.63, 3.8) is 0 Å². The molecule has 0 saturated heterocycles. The highest BCUT2D eigenvalue weighted by molar-refractivity contribution is 7.19. The van der Waals surface area contributed by atoms with Crippen LogP contribution in [0.1, 0.15) is 15.4 Å². The molecular formula is C18H22N4O2S. The fourth-order valence-electron chi connectivity index (χ4n) is 2.53. The van der Waals surface area contributed by atoms with Gasteiger partial charge in [0.25, 0.3) is 5.91 Å². The van der Waals surface area contributed by atoms with E-state index in [4.69, 9.17) is 4.74 Å². The summed E-state index contributed by atoms with van der Waals surface area (Å²) < 4.78 is 7.16. The maximum atomic E-state index is 12.4. The lowest BCUT2D eigenvalue weighted by Gasteiger charge is -2.09. The lowest BCUT2D eigenvalue weighted by atomic mass is 10.2. The molecular weight excluding hydrogens is 336 g/mol. The van der Waals surface area contributed by atoms with Crippen molar-refractivity contribution in [2.45, 2.75) is 6.92 Å². The number of nitrogens with zero attached hydrogens (tertiary/aromatic N) is 3. The first-order valence-corrected chi connectivity index (χ1v) is 8.87. The molecule has 6 nitrogen and oxygen atoms in total. The van der Waals surface area contributed by atoms with Crippen molar-refractivity contribution in [1.82, 2.24) is 19.6 Å². The molecule has 0 bridgehead atoms. The van der Waals surface area contributed by atoms with Gasteiger partial charge < -0.3 is 15.0 Å². The smallest absolute Gasteiger partial charge is 0.263 e. The zero-order chi connectivity index (χ0) is 18.0. The number of likely N-dealkylation sites (N-methyl/N-ethyl adjacent to an activating group) is 1. The topological polar surface area (TPSA) is 58.9 Å². The van der Waals surface area contributed by atoms with Crippen LogP contribution < -0.4 is 10.1 Å². The second-order valence-corrected chi connectivity index (χ2v) is 7.06. The van der Waals surface area contributed by atoms with Crippen LogP contribution in [0.5, 0.6) is 5.75 Å². The number of fused-ring (bicyclic) bond motifs is 1. The minimum Gasteiger partial charge on any atom is -0.497 e. The molecule has 2 aromatic heterocycles. The van der Waals surface area contributed by atoms with E-state index in [1.807, 2.05) is 60.8 Å². The first-order chi connectivity index (χ1) is 12.0. The van der Waals surface area contributed by atoms with E-state index >= 15 is 0 Å². The second-order valence-electron chi connectivity index (χ2n) is 6.08. The van der Waals surface area contributed by atoms with Crippen LogP contribution in [-0.2, 0) is 0 Å². The molecule has 0 saturated carbocycles. The molecule has 0 radical (unpaired) electrons. The lowest BCUT2D eigenvalue weighted by Crippen LogP contribution is -2.31. The van der Waals surface area contributed by atoms with Gasteiger partial charge in [0, 0.05) is 30.5 Å². The fraction of sp³-hybridized carbons (Fsp3) is 0.333. The molecule has 0 spiro atoms. The molecule has 0 aliphatic carbocycles. The molecule has 1 amide bonds. The monoisotopic (exact) mass is 358 g/mol. The number of aryl methyl sites for hydroxylation is 1. The van der Waals surface area contributed by atoms with Crippen LogP contribution in [0.3, 0.4) is 0 Å². The number of aromatic nitrogens is 2. The Morgan fingerprint density at radius 1 is 1.32 bits per heavy atom. The van der Waals surface area contributed by atoms with Gasteiger partial charge in [-0.2, -0.15) is 0 Å². The zero-order valence-electron chi connectivity index (χ0n) is 14.9. The Kier molecular flexibility index (Phi) is 5.06. The molecule has 2 heterocycles. The highest BCUT2D eigenvalue weighted by Crippen LogP contribution is 2.28. The third-order valence-corrected chi connectivity index (χ3v) is 5.15. The van der Waals surface area contributed by atoms with Crippen LogP contribution in [0.4, 0.5) is 0 Å². The van der Waals surface area contributed by atoms with Crippen LogP contribution in [0.15, 0.2) is 30.5 Å². The van der Waals surface area contributed by atoms with Crippen molar-refractivity contribution in [3.05, 3.63) is 41.0 Å². The third kappa shape index (κ3) is 3.67. The van der Waals surface area contributed by atoms with Gasteiger partial charge in [0.1, 0.15) is 10.6 Å². The average molecular weight is 358 g/mol. The Balaban J connectivity index is 1.81. The Bertz CT molecular complexity index is 881. The highest BCUT2D eigenvalue weighted by Gasteiger charge is 2.17. The second kappa shape index (κ2) is 7.25. The minimum atomic E-state index is -0.0409. The summed E-state index contributed by atoms with van der Waals surface area (Å²) in [6, 6.07) is 7.80. The number of hydrogen-bond donors (Lipinski definition) is 1. The number of benzene rings is 1. The molecule has 1 N–H and O–H groups in total. The van der Waals surface area contributed by atoms with E-state index in [0.717, 1.165) is 34.2 Å². The predicted molar refractivity (Wildman–Crippen MR) is 101 cm³/mol. The summed E-state index contributed by atoms with van der Waals surface area (Å²) in [4.78, 5) is 20.6. The molecule has 7 heteroatoms. The standard InChI is InChI=1S/C18H22N4O2S/c1-12-16(17(23)19-9-10-21(2)3)25-18-20-15(11-22(12)18)13-5-7-14(24-4)8-6-13/h5-8,11H,9-10H2,1-4H3,(H,19,23). The molecule has 0 aliphatic heterocycles. The SMILES string of the molecule is COc1ccc(-c2cn3c(C)c(C(=O)NCCN(C)C)sc3n2)cc1. The summed E-state index contributed by atoms with van der Waals surface area (Å²) in [5.74, 6) is 0.776. The van der Waals surface area contributed by atoms with Gasteiger partial charge in [-0.05, 0) is 45.3 Å². The van der Waals surface area contributed by atoms with Gasteiger partial charge in [-0.3, -0.25) is 9.20 Å². The van der Waals surface area contributed by atoms with Crippen molar-refractivity contribution in [1.29, 1.82) is 0 Å². The number of amides is 1. The van der Waals surface area contributed by atoms with Crippen LogP contribution in [0, 0.1) is 6.92 Å². The van der Waals surface area contributed by atoms with E-state index in [0.29, 0.717) is 11.4 Å². The summed E-state index contributed by atoms with van der Waals surface area (Å²) in [7, 11) is 5.62. The van der Waals surface area contributed by atoms with Crippen molar-refractivity contribution >= 4 is 22.2 Å². The van der Waals surface area contributed by atoms with Crippen molar-refractivity contribution in [2.75, 3.05) is 34.3 Å². The van der Waals surface area contributed by atoms with E-state index in [1.165, 1.54) is 11.3 Å². The number of carbonyl (C=O) groups excluding carboxylic acids is 1. The third-order valence-electron chi connectivity index (χ3n) is 3.99. The normalized spacial score (nSPS) is 11.2. The molecule has 1 aromatic carbocycles.